The fourth-order valence-corrected chi connectivity index (χ4v) is 7.05. The standard InChI is InChI=1S/C19H18O8.C18H22N2S.C4H6O6/c1-8-5-13(26-4)11(7-20)17(22)14(8)19(25)27-12-6-9(2)16(21)15(10(12)3)18(23)24;1-14(12-19(2)3)13-20-15-8-4-6-10-17(15)21-18-11-7-5-9-16(18)20;5-1(3(7)8)2(6)4(9)10/h5-7,21-22H,1-4H3,(H,23,24);4-11,14H,12-13H2,1-3H3;1-2,5-6H,(H,7,8)(H,9,10). The molecule has 4 aromatic rings. The number of aryl methyl sites for hydroxylation is 2. The Kier molecular flexibility index (Phi) is 16.2. The van der Waals surface area contributed by atoms with Crippen LogP contribution in [0.15, 0.2) is 70.5 Å². The Morgan fingerprint density at radius 1 is 0.793 bits per heavy atom. The second-order valence-corrected chi connectivity index (χ2v) is 14.6. The highest BCUT2D eigenvalue weighted by atomic mass is 32.2. The number of carbonyl (C=O) groups excluding carboxylic acids is 2. The Morgan fingerprint density at radius 3 is 1.74 bits per heavy atom. The topological polar surface area (TPSA) is 252 Å². The molecule has 3 atom stereocenters. The molecule has 1 heterocycles. The second kappa shape index (κ2) is 20.3. The van der Waals surface area contributed by atoms with Gasteiger partial charge in [-0.2, -0.15) is 0 Å². The minimum absolute atomic E-state index is 0.0419. The number of esters is 1. The van der Waals surface area contributed by atoms with Gasteiger partial charge in [0, 0.05) is 28.4 Å². The van der Waals surface area contributed by atoms with Crippen LogP contribution in [0.25, 0.3) is 0 Å². The number of nitrogens with zero attached hydrogens (tertiary/aromatic N) is 2. The molecular weight excluding hydrogens is 777 g/mol. The van der Waals surface area contributed by atoms with E-state index in [1.807, 2.05) is 11.8 Å². The monoisotopic (exact) mass is 822 g/mol. The van der Waals surface area contributed by atoms with Crippen molar-refractivity contribution in [1.82, 2.24) is 4.90 Å². The first-order valence-corrected chi connectivity index (χ1v) is 18.3. The van der Waals surface area contributed by atoms with E-state index < -0.39 is 47.6 Å². The van der Waals surface area contributed by atoms with E-state index in [0.29, 0.717) is 17.8 Å². The summed E-state index contributed by atoms with van der Waals surface area (Å²) in [6, 6.07) is 20.2. The lowest BCUT2D eigenvalue weighted by Gasteiger charge is -2.35. The summed E-state index contributed by atoms with van der Waals surface area (Å²) in [5.41, 5.74) is 2.37. The number of aliphatic hydroxyl groups excluding tert-OH is 2. The molecule has 0 saturated carbocycles. The number of carboxylic acids is 3. The maximum atomic E-state index is 12.6. The number of ether oxygens (including phenoxy) is 2. The van der Waals surface area contributed by atoms with Crippen molar-refractivity contribution in [3.63, 3.8) is 0 Å². The minimum atomic E-state index is -2.27. The third kappa shape index (κ3) is 11.0. The van der Waals surface area contributed by atoms with Crippen molar-refractivity contribution >= 4 is 53.3 Å². The van der Waals surface area contributed by atoms with Crippen LogP contribution in [-0.4, -0.2) is 117 Å². The van der Waals surface area contributed by atoms with Crippen LogP contribution in [0.2, 0.25) is 0 Å². The van der Waals surface area contributed by atoms with Gasteiger partial charge in [-0.1, -0.05) is 43.0 Å². The van der Waals surface area contributed by atoms with Gasteiger partial charge in [0.25, 0.3) is 0 Å². The molecule has 0 aromatic heterocycles. The molecule has 4 aromatic carbocycles. The van der Waals surface area contributed by atoms with E-state index in [9.17, 15) is 39.3 Å². The van der Waals surface area contributed by atoms with Crippen molar-refractivity contribution in [3.05, 3.63) is 94.0 Å². The number of rotatable bonds is 12. The number of para-hydroxylation sites is 2. The summed E-state index contributed by atoms with van der Waals surface area (Å²) < 4.78 is 10.3. The van der Waals surface area contributed by atoms with E-state index in [0.717, 1.165) is 13.1 Å². The first kappa shape index (κ1) is 46.2. The number of aromatic carboxylic acids is 1. The highest BCUT2D eigenvalue weighted by Crippen LogP contribution is 2.48. The highest BCUT2D eigenvalue weighted by Gasteiger charge is 2.30. The molecule has 0 saturated heterocycles. The van der Waals surface area contributed by atoms with Crippen LogP contribution >= 0.6 is 11.8 Å². The zero-order valence-electron chi connectivity index (χ0n) is 32.8. The lowest BCUT2D eigenvalue weighted by Crippen LogP contribution is -2.39. The average Bonchev–Trinajstić information content (AvgIpc) is 3.16. The first-order valence-electron chi connectivity index (χ1n) is 17.5. The predicted molar refractivity (Wildman–Crippen MR) is 213 cm³/mol. The number of aromatic hydroxyl groups is 2. The van der Waals surface area contributed by atoms with E-state index in [1.54, 1.807) is 0 Å². The van der Waals surface area contributed by atoms with Gasteiger partial charge in [-0.3, -0.25) is 4.79 Å². The number of fused-ring (bicyclic) bond motifs is 2. The van der Waals surface area contributed by atoms with Crippen molar-refractivity contribution < 1.29 is 69.2 Å². The van der Waals surface area contributed by atoms with Crippen LogP contribution in [0.4, 0.5) is 11.4 Å². The number of hydrogen-bond donors (Lipinski definition) is 7. The summed E-state index contributed by atoms with van der Waals surface area (Å²) >= 11 is 1.88. The normalized spacial score (nSPS) is 12.9. The van der Waals surface area contributed by atoms with Crippen molar-refractivity contribution in [2.45, 2.75) is 49.7 Å². The number of phenols is 2. The van der Waals surface area contributed by atoms with E-state index in [4.69, 9.17) is 29.9 Å². The molecule has 5 rings (SSSR count). The number of benzene rings is 4. The number of aliphatic hydroxyl groups is 2. The molecule has 1 aliphatic rings. The lowest BCUT2D eigenvalue weighted by molar-refractivity contribution is -0.165. The van der Waals surface area contributed by atoms with Gasteiger partial charge in [-0.15, -0.1) is 0 Å². The number of hydrogen-bond acceptors (Lipinski definition) is 14. The van der Waals surface area contributed by atoms with E-state index in [2.05, 4.69) is 79.3 Å². The van der Waals surface area contributed by atoms with Crippen molar-refractivity contribution in [3.8, 4) is 23.0 Å². The van der Waals surface area contributed by atoms with Crippen molar-refractivity contribution in [2.24, 2.45) is 5.92 Å². The molecule has 0 radical (unpaired) electrons. The van der Waals surface area contributed by atoms with Gasteiger partial charge in [-0.25, -0.2) is 19.2 Å². The fourth-order valence-electron chi connectivity index (χ4n) is 5.96. The summed E-state index contributed by atoms with van der Waals surface area (Å²) in [6.45, 7) is 8.83. The average molecular weight is 823 g/mol. The maximum absolute atomic E-state index is 12.6. The zero-order chi connectivity index (χ0) is 43.6. The molecule has 0 spiro atoms. The summed E-state index contributed by atoms with van der Waals surface area (Å²) in [5, 5.41) is 62.0. The second-order valence-electron chi connectivity index (χ2n) is 13.5. The van der Waals surface area contributed by atoms with Gasteiger partial charge >= 0.3 is 23.9 Å². The van der Waals surface area contributed by atoms with Crippen LogP contribution in [-0.2, 0) is 9.59 Å². The van der Waals surface area contributed by atoms with Crippen molar-refractivity contribution in [2.75, 3.05) is 39.2 Å². The molecule has 16 nitrogen and oxygen atoms in total. The number of anilines is 2. The van der Waals surface area contributed by atoms with Gasteiger partial charge in [0.15, 0.2) is 18.5 Å². The smallest absolute Gasteiger partial charge is 0.347 e. The van der Waals surface area contributed by atoms with Crippen LogP contribution in [0.1, 0.15) is 54.7 Å². The van der Waals surface area contributed by atoms with Gasteiger partial charge in [-0.05, 0) is 88.3 Å². The lowest BCUT2D eigenvalue weighted by atomic mass is 10.0. The summed E-state index contributed by atoms with van der Waals surface area (Å²) in [4.78, 5) is 62.2. The largest absolute Gasteiger partial charge is 0.507 e. The summed E-state index contributed by atoms with van der Waals surface area (Å²) in [6.07, 6.45) is -4.18. The SMILES string of the molecule is CC(CN(C)C)CN1c2ccccc2Sc2ccccc21.COc1cc(C)c(C(=O)Oc2cc(C)c(O)c(C(=O)O)c2C)c(O)c1C=O.O=C(O)C(O)C(O)C(=O)O. The van der Waals surface area contributed by atoms with Crippen molar-refractivity contribution in [1.29, 1.82) is 0 Å². The first-order chi connectivity index (χ1) is 27.2. The van der Waals surface area contributed by atoms with E-state index in [-0.39, 0.29) is 39.3 Å². The Balaban J connectivity index is 0.000000257. The minimum Gasteiger partial charge on any atom is -0.507 e. The molecule has 58 heavy (non-hydrogen) atoms. The highest BCUT2D eigenvalue weighted by molar-refractivity contribution is 7.99. The Morgan fingerprint density at radius 2 is 1.29 bits per heavy atom. The van der Waals surface area contributed by atoms with Gasteiger partial charge in [0.2, 0.25) is 0 Å². The fraction of sp³-hybridized carbons (Fsp3) is 0.293. The Hall–Kier alpha value is -6.14. The van der Waals surface area contributed by atoms with Crippen LogP contribution < -0.4 is 14.4 Å². The van der Waals surface area contributed by atoms with Crippen LogP contribution in [0.3, 0.4) is 0 Å². The molecule has 17 heteroatoms. The molecule has 0 amide bonds. The summed E-state index contributed by atoms with van der Waals surface area (Å²) in [5.74, 6) is -6.30. The van der Waals surface area contributed by atoms with Crippen LogP contribution in [0.5, 0.6) is 23.0 Å². The predicted octanol–water partition coefficient (Wildman–Crippen LogP) is 5.13. The number of carbonyl (C=O) groups is 5. The third-order valence-corrected chi connectivity index (χ3v) is 9.80. The molecule has 0 aliphatic carbocycles. The van der Waals surface area contributed by atoms with Crippen LogP contribution in [0, 0.1) is 26.7 Å². The molecule has 0 fully saturated rings. The Bertz CT molecular complexity index is 2110. The maximum Gasteiger partial charge on any atom is 0.347 e. The van der Waals surface area contributed by atoms with Gasteiger partial charge in [0.1, 0.15) is 34.1 Å². The molecule has 3 unspecified atom stereocenters. The van der Waals surface area contributed by atoms with Gasteiger partial charge < -0.3 is 55.0 Å². The number of aliphatic carboxylic acids is 2. The number of phenolic OH excluding ortho intramolecular Hbond substituents is 1. The van der Waals surface area contributed by atoms with E-state index >= 15 is 0 Å². The van der Waals surface area contributed by atoms with E-state index in [1.165, 1.54) is 61.2 Å². The molecular formula is C41H46N2O14S. The summed E-state index contributed by atoms with van der Waals surface area (Å²) in [7, 11) is 5.60. The Labute approximate surface area is 338 Å². The molecule has 0 bridgehead atoms. The molecule has 7 N–H and O–H groups in total. The van der Waals surface area contributed by atoms with Gasteiger partial charge in [0.05, 0.1) is 24.0 Å². The molecule has 310 valence electrons. The third-order valence-electron chi connectivity index (χ3n) is 8.67. The number of methoxy groups -OCH3 is 1. The number of carboxylic acid groups (broad SMARTS) is 3. The number of aldehydes is 1. The molecule has 1 aliphatic heterocycles. The quantitative estimate of drug-likeness (QED) is 0.0556. The zero-order valence-corrected chi connectivity index (χ0v) is 33.6.